The van der Waals surface area contributed by atoms with Crippen molar-refractivity contribution in [2.45, 2.75) is 31.8 Å². The number of carbonyl (C=O) groups is 2. The Balaban J connectivity index is 1.56. The van der Waals surface area contributed by atoms with E-state index in [4.69, 9.17) is 0 Å². The molecule has 9 heteroatoms. The molecule has 9 nitrogen and oxygen atoms in total. The third-order valence-electron chi connectivity index (χ3n) is 6.10. The summed E-state index contributed by atoms with van der Waals surface area (Å²) in [4.78, 5) is 42.8. The summed E-state index contributed by atoms with van der Waals surface area (Å²) in [5.74, 6) is 0.568. The Hall–Kier alpha value is -3.75. The van der Waals surface area contributed by atoms with Gasteiger partial charge in [0.1, 0.15) is 11.2 Å². The van der Waals surface area contributed by atoms with Crippen LogP contribution in [-0.2, 0) is 10.3 Å². The normalized spacial score (nSPS) is 19.2. The van der Waals surface area contributed by atoms with Gasteiger partial charge in [-0.25, -0.2) is 9.97 Å². The van der Waals surface area contributed by atoms with E-state index in [2.05, 4.69) is 35.8 Å². The summed E-state index contributed by atoms with van der Waals surface area (Å²) in [5, 5.41) is 3.00. The first kappa shape index (κ1) is 20.2. The van der Waals surface area contributed by atoms with E-state index in [1.54, 1.807) is 17.3 Å². The molecule has 2 aliphatic rings. The van der Waals surface area contributed by atoms with Gasteiger partial charge in [-0.05, 0) is 44.5 Å². The highest BCUT2D eigenvalue weighted by Crippen LogP contribution is 2.46. The molecule has 164 valence electrons. The molecule has 0 saturated carbocycles. The van der Waals surface area contributed by atoms with E-state index in [0.717, 1.165) is 17.2 Å². The van der Waals surface area contributed by atoms with E-state index in [-0.39, 0.29) is 24.4 Å². The number of nitrogens with zero attached hydrogens (tertiary/aromatic N) is 6. The van der Waals surface area contributed by atoms with Gasteiger partial charge in [0, 0.05) is 43.9 Å². The molecule has 3 aromatic heterocycles. The standard InChI is InChI=1S/C23H25N7O2/c1-16(2)27-20(31)14-30-18-5-3-8-26-21(18)29-11-4-6-19(29)23(30)7-12-28(15-23)22(32)17-13-24-9-10-25-17/h3-6,8-11,13,16H,7,12,14-15H2,1-2H3,(H,27,31)/t23-/m0/s1. The van der Waals surface area contributed by atoms with Gasteiger partial charge < -0.3 is 19.7 Å². The highest BCUT2D eigenvalue weighted by atomic mass is 16.2. The number of anilines is 1. The van der Waals surface area contributed by atoms with Crippen LogP contribution in [0, 0.1) is 0 Å². The first-order valence-corrected chi connectivity index (χ1v) is 10.7. The second-order valence-corrected chi connectivity index (χ2v) is 8.52. The molecule has 1 atom stereocenters. The Labute approximate surface area is 186 Å². The monoisotopic (exact) mass is 431 g/mol. The lowest BCUT2D eigenvalue weighted by atomic mass is 9.88. The van der Waals surface area contributed by atoms with Gasteiger partial charge in [0.15, 0.2) is 5.82 Å². The smallest absolute Gasteiger partial charge is 0.274 e. The van der Waals surface area contributed by atoms with E-state index in [1.807, 2.05) is 38.2 Å². The highest BCUT2D eigenvalue weighted by molar-refractivity contribution is 5.92. The number of pyridine rings is 1. The molecule has 5 heterocycles. The molecule has 2 amide bonds. The van der Waals surface area contributed by atoms with E-state index in [9.17, 15) is 9.59 Å². The number of carbonyl (C=O) groups excluding carboxylic acids is 2. The van der Waals surface area contributed by atoms with E-state index >= 15 is 0 Å². The zero-order valence-corrected chi connectivity index (χ0v) is 18.1. The fourth-order valence-corrected chi connectivity index (χ4v) is 4.81. The minimum Gasteiger partial charge on any atom is -0.352 e. The second-order valence-electron chi connectivity index (χ2n) is 8.52. The Kier molecular flexibility index (Phi) is 4.88. The fourth-order valence-electron chi connectivity index (χ4n) is 4.81. The maximum absolute atomic E-state index is 13.1. The van der Waals surface area contributed by atoms with E-state index in [0.29, 0.717) is 25.2 Å². The van der Waals surface area contributed by atoms with Gasteiger partial charge in [0.05, 0.1) is 24.1 Å². The van der Waals surface area contributed by atoms with Crippen LogP contribution in [0.5, 0.6) is 0 Å². The zero-order chi connectivity index (χ0) is 22.3. The number of likely N-dealkylation sites (tertiary alicyclic amines) is 1. The van der Waals surface area contributed by atoms with Crippen molar-refractivity contribution < 1.29 is 9.59 Å². The van der Waals surface area contributed by atoms with Crippen molar-refractivity contribution in [3.63, 3.8) is 0 Å². The molecule has 0 radical (unpaired) electrons. The summed E-state index contributed by atoms with van der Waals surface area (Å²) in [6, 6.07) is 7.95. The Bertz CT molecular complexity index is 1160. The van der Waals surface area contributed by atoms with Gasteiger partial charge in [0.2, 0.25) is 5.91 Å². The van der Waals surface area contributed by atoms with Crippen LogP contribution in [0.25, 0.3) is 5.82 Å². The number of nitrogens with one attached hydrogen (secondary N) is 1. The van der Waals surface area contributed by atoms with Crippen LogP contribution in [0.2, 0.25) is 0 Å². The number of rotatable bonds is 4. The molecule has 32 heavy (non-hydrogen) atoms. The van der Waals surface area contributed by atoms with Crippen LogP contribution in [0.3, 0.4) is 0 Å². The lowest BCUT2D eigenvalue weighted by Gasteiger charge is -2.46. The number of hydrogen-bond donors (Lipinski definition) is 1. The van der Waals surface area contributed by atoms with Crippen molar-refractivity contribution in [2.24, 2.45) is 0 Å². The second kappa shape index (κ2) is 7.74. The first-order valence-electron chi connectivity index (χ1n) is 10.7. The Morgan fingerprint density at radius 3 is 2.81 bits per heavy atom. The maximum Gasteiger partial charge on any atom is 0.274 e. The molecule has 1 fully saturated rings. The lowest BCUT2D eigenvalue weighted by Crippen LogP contribution is -2.56. The predicted molar refractivity (Wildman–Crippen MR) is 118 cm³/mol. The largest absolute Gasteiger partial charge is 0.352 e. The van der Waals surface area contributed by atoms with Crippen molar-refractivity contribution in [3.8, 4) is 5.82 Å². The number of amides is 2. The average Bonchev–Trinajstić information content (AvgIpc) is 3.45. The number of hydrogen-bond acceptors (Lipinski definition) is 6. The molecular formula is C23H25N7O2. The first-order chi connectivity index (χ1) is 15.5. The third-order valence-corrected chi connectivity index (χ3v) is 6.10. The molecule has 3 aromatic rings. The predicted octanol–water partition coefficient (Wildman–Crippen LogP) is 1.75. The quantitative estimate of drug-likeness (QED) is 0.676. The minimum absolute atomic E-state index is 0.0405. The molecule has 1 N–H and O–H groups in total. The molecular weight excluding hydrogens is 406 g/mol. The van der Waals surface area contributed by atoms with Crippen molar-refractivity contribution in [1.82, 2.24) is 29.7 Å². The fraction of sp³-hybridized carbons (Fsp3) is 0.348. The van der Waals surface area contributed by atoms with Gasteiger partial charge in [-0.15, -0.1) is 0 Å². The topological polar surface area (TPSA) is 96.2 Å². The van der Waals surface area contributed by atoms with Gasteiger partial charge in [-0.3, -0.25) is 14.6 Å². The molecule has 2 aliphatic heterocycles. The summed E-state index contributed by atoms with van der Waals surface area (Å²) in [5.41, 5.74) is 1.67. The van der Waals surface area contributed by atoms with Crippen LogP contribution in [0.1, 0.15) is 36.5 Å². The third kappa shape index (κ3) is 3.21. The van der Waals surface area contributed by atoms with Gasteiger partial charge in [-0.1, -0.05) is 0 Å². The summed E-state index contributed by atoms with van der Waals surface area (Å²) in [6.07, 6.45) is 8.99. The van der Waals surface area contributed by atoms with Gasteiger partial charge >= 0.3 is 0 Å². The van der Waals surface area contributed by atoms with Crippen LogP contribution < -0.4 is 10.2 Å². The summed E-state index contributed by atoms with van der Waals surface area (Å²) >= 11 is 0. The maximum atomic E-state index is 13.1. The van der Waals surface area contributed by atoms with Crippen molar-refractivity contribution in [3.05, 3.63) is 66.6 Å². The molecule has 5 rings (SSSR count). The van der Waals surface area contributed by atoms with E-state index in [1.165, 1.54) is 12.4 Å². The SMILES string of the molecule is CC(C)NC(=O)CN1c2cccnc2-n2cccc2[C@@]12CCN(C(=O)c1cnccn1)C2. The lowest BCUT2D eigenvalue weighted by molar-refractivity contribution is -0.120. The van der Waals surface area contributed by atoms with E-state index < -0.39 is 5.54 Å². The van der Waals surface area contributed by atoms with Gasteiger partial charge in [0.25, 0.3) is 5.91 Å². The summed E-state index contributed by atoms with van der Waals surface area (Å²) in [6.45, 7) is 5.06. The Morgan fingerprint density at radius 1 is 1.16 bits per heavy atom. The van der Waals surface area contributed by atoms with Crippen LogP contribution >= 0.6 is 0 Å². The minimum atomic E-state index is -0.550. The van der Waals surface area contributed by atoms with Crippen LogP contribution in [-0.4, -0.2) is 61.9 Å². The molecule has 0 aromatic carbocycles. The molecule has 0 bridgehead atoms. The number of aromatic nitrogens is 4. The van der Waals surface area contributed by atoms with Crippen molar-refractivity contribution in [1.29, 1.82) is 0 Å². The van der Waals surface area contributed by atoms with Crippen LogP contribution in [0.4, 0.5) is 5.69 Å². The molecule has 1 saturated heterocycles. The summed E-state index contributed by atoms with van der Waals surface area (Å²) in [7, 11) is 0. The Morgan fingerprint density at radius 2 is 2.03 bits per heavy atom. The molecule has 1 spiro atoms. The zero-order valence-electron chi connectivity index (χ0n) is 18.1. The van der Waals surface area contributed by atoms with Crippen LogP contribution in [0.15, 0.2) is 55.2 Å². The van der Waals surface area contributed by atoms with Crippen molar-refractivity contribution in [2.75, 3.05) is 24.5 Å². The molecule has 0 unspecified atom stereocenters. The summed E-state index contributed by atoms with van der Waals surface area (Å²) < 4.78 is 2.07. The molecule has 0 aliphatic carbocycles. The van der Waals surface area contributed by atoms with Crippen molar-refractivity contribution >= 4 is 17.5 Å². The van der Waals surface area contributed by atoms with Gasteiger partial charge in [-0.2, -0.15) is 0 Å². The highest BCUT2D eigenvalue weighted by Gasteiger charge is 2.51. The average molecular weight is 432 g/mol. The number of fused-ring (bicyclic) bond motifs is 4.